The number of hydrogen-bond donors (Lipinski definition) is 2. The average molecular weight is 403 g/mol. The first-order chi connectivity index (χ1) is 14.6. The lowest BCUT2D eigenvalue weighted by atomic mass is 10.0. The molecule has 3 amide bonds. The van der Waals surface area contributed by atoms with E-state index in [1.165, 1.54) is 12.1 Å². The van der Waals surface area contributed by atoms with Crippen molar-refractivity contribution < 1.29 is 14.0 Å². The molecule has 0 radical (unpaired) electrons. The van der Waals surface area contributed by atoms with Gasteiger partial charge in [0.2, 0.25) is 5.91 Å². The van der Waals surface area contributed by atoms with Crippen LogP contribution in [0, 0.1) is 5.82 Å². The van der Waals surface area contributed by atoms with Crippen LogP contribution in [0.2, 0.25) is 0 Å². The van der Waals surface area contributed by atoms with Gasteiger partial charge in [0.25, 0.3) is 0 Å². The molecule has 0 saturated heterocycles. The summed E-state index contributed by atoms with van der Waals surface area (Å²) in [7, 11) is 0. The van der Waals surface area contributed by atoms with E-state index < -0.39 is 17.9 Å². The number of fused-ring (bicyclic) bond motifs is 1. The molecule has 0 aromatic heterocycles. The lowest BCUT2D eigenvalue weighted by Gasteiger charge is -2.25. The van der Waals surface area contributed by atoms with Crippen LogP contribution in [0.5, 0.6) is 0 Å². The highest BCUT2D eigenvalue weighted by Crippen LogP contribution is 2.28. The van der Waals surface area contributed by atoms with Gasteiger partial charge >= 0.3 is 6.03 Å². The maximum Gasteiger partial charge on any atom is 0.319 e. The predicted molar refractivity (Wildman–Crippen MR) is 115 cm³/mol. The highest BCUT2D eigenvalue weighted by Gasteiger charge is 2.31. The number of nitrogens with zero attached hydrogens (tertiary/aromatic N) is 1. The van der Waals surface area contributed by atoms with Gasteiger partial charge in [-0.15, -0.1) is 0 Å². The number of nitrogens with one attached hydrogen (secondary N) is 2. The number of amides is 3. The number of anilines is 2. The third-order valence-electron chi connectivity index (χ3n) is 5.16. The van der Waals surface area contributed by atoms with Crippen molar-refractivity contribution in [3.05, 3.63) is 95.8 Å². The number of carbonyl (C=O) groups is 2. The number of benzene rings is 3. The van der Waals surface area contributed by atoms with Crippen molar-refractivity contribution in [2.24, 2.45) is 0 Å². The van der Waals surface area contributed by atoms with Crippen LogP contribution in [0.1, 0.15) is 11.1 Å². The molecule has 0 spiro atoms. The Morgan fingerprint density at radius 1 is 0.933 bits per heavy atom. The predicted octanol–water partition coefficient (Wildman–Crippen LogP) is 4.15. The SMILES string of the molecule is O=C(Nc1ccccc1F)N[C@@H](Cc1ccccc1)C(=O)N1CCc2ccccc21. The second kappa shape index (κ2) is 8.78. The first-order valence-corrected chi connectivity index (χ1v) is 9.87. The van der Waals surface area contributed by atoms with Crippen LogP contribution in [-0.4, -0.2) is 24.5 Å². The number of urea groups is 1. The molecule has 0 aliphatic carbocycles. The molecule has 5 nitrogen and oxygen atoms in total. The Hall–Kier alpha value is -3.67. The fourth-order valence-corrected chi connectivity index (χ4v) is 3.68. The molecular formula is C24H22FN3O2. The molecule has 2 N–H and O–H groups in total. The van der Waals surface area contributed by atoms with Gasteiger partial charge in [0.1, 0.15) is 11.9 Å². The van der Waals surface area contributed by atoms with Crippen molar-refractivity contribution in [1.29, 1.82) is 0 Å². The minimum atomic E-state index is -0.787. The van der Waals surface area contributed by atoms with Crippen LogP contribution in [0.15, 0.2) is 78.9 Å². The lowest BCUT2D eigenvalue weighted by molar-refractivity contribution is -0.120. The topological polar surface area (TPSA) is 61.4 Å². The molecular weight excluding hydrogens is 381 g/mol. The van der Waals surface area contributed by atoms with E-state index >= 15 is 0 Å². The van der Waals surface area contributed by atoms with Gasteiger partial charge in [0, 0.05) is 18.7 Å². The average Bonchev–Trinajstić information content (AvgIpc) is 3.19. The molecule has 3 aromatic carbocycles. The molecule has 4 rings (SSSR count). The molecule has 0 saturated carbocycles. The zero-order valence-corrected chi connectivity index (χ0v) is 16.3. The normalized spacial score (nSPS) is 13.4. The van der Waals surface area contributed by atoms with Crippen molar-refractivity contribution in [2.45, 2.75) is 18.9 Å². The highest BCUT2D eigenvalue weighted by atomic mass is 19.1. The molecule has 152 valence electrons. The Kier molecular flexibility index (Phi) is 5.75. The molecule has 0 unspecified atom stereocenters. The smallest absolute Gasteiger partial charge is 0.319 e. The van der Waals surface area contributed by atoms with E-state index in [1.54, 1.807) is 17.0 Å². The van der Waals surface area contributed by atoms with E-state index in [2.05, 4.69) is 10.6 Å². The number of rotatable bonds is 5. The molecule has 1 heterocycles. The second-order valence-electron chi connectivity index (χ2n) is 7.19. The van der Waals surface area contributed by atoms with Gasteiger partial charge in [-0.2, -0.15) is 0 Å². The number of carbonyl (C=O) groups excluding carboxylic acids is 2. The Balaban J connectivity index is 1.54. The Morgan fingerprint density at radius 2 is 1.63 bits per heavy atom. The van der Waals surface area contributed by atoms with Gasteiger partial charge < -0.3 is 15.5 Å². The molecule has 1 aliphatic rings. The quantitative estimate of drug-likeness (QED) is 0.672. The Bertz CT molecular complexity index is 1060. The minimum absolute atomic E-state index is 0.0624. The van der Waals surface area contributed by atoms with Crippen LogP contribution in [0.4, 0.5) is 20.6 Å². The third kappa shape index (κ3) is 4.33. The molecule has 1 aliphatic heterocycles. The van der Waals surface area contributed by atoms with Gasteiger partial charge in [-0.25, -0.2) is 9.18 Å². The monoisotopic (exact) mass is 403 g/mol. The summed E-state index contributed by atoms with van der Waals surface area (Å²) in [5.74, 6) is -0.723. The summed E-state index contributed by atoms with van der Waals surface area (Å²) in [5, 5.41) is 5.24. The van der Waals surface area contributed by atoms with Crippen LogP contribution >= 0.6 is 0 Å². The number of para-hydroxylation sites is 2. The van der Waals surface area contributed by atoms with E-state index in [4.69, 9.17) is 0 Å². The lowest BCUT2D eigenvalue weighted by Crippen LogP contribution is -2.50. The maximum atomic E-state index is 13.9. The third-order valence-corrected chi connectivity index (χ3v) is 5.16. The van der Waals surface area contributed by atoms with E-state index in [0.717, 1.165) is 23.2 Å². The van der Waals surface area contributed by atoms with Gasteiger partial charge in [0.05, 0.1) is 5.69 Å². The summed E-state index contributed by atoms with van der Waals surface area (Å²) in [4.78, 5) is 27.7. The minimum Gasteiger partial charge on any atom is -0.326 e. The molecule has 0 fully saturated rings. The zero-order chi connectivity index (χ0) is 20.9. The van der Waals surface area contributed by atoms with Gasteiger partial charge in [-0.05, 0) is 35.7 Å². The second-order valence-corrected chi connectivity index (χ2v) is 7.19. The summed E-state index contributed by atoms with van der Waals surface area (Å²) in [6.07, 6.45) is 1.12. The van der Waals surface area contributed by atoms with Crippen molar-refractivity contribution in [3.8, 4) is 0 Å². The zero-order valence-electron chi connectivity index (χ0n) is 16.3. The van der Waals surface area contributed by atoms with E-state index in [-0.39, 0.29) is 11.6 Å². The summed E-state index contributed by atoms with van der Waals surface area (Å²) in [6.45, 7) is 0.570. The fraction of sp³-hybridized carbons (Fsp3) is 0.167. The number of hydrogen-bond acceptors (Lipinski definition) is 2. The Morgan fingerprint density at radius 3 is 2.43 bits per heavy atom. The van der Waals surface area contributed by atoms with Gasteiger partial charge in [-0.1, -0.05) is 60.7 Å². The van der Waals surface area contributed by atoms with Crippen LogP contribution in [0.25, 0.3) is 0 Å². The molecule has 3 aromatic rings. The summed E-state index contributed by atoms with van der Waals surface area (Å²) >= 11 is 0. The highest BCUT2D eigenvalue weighted by molar-refractivity contribution is 6.02. The maximum absolute atomic E-state index is 13.9. The largest absolute Gasteiger partial charge is 0.326 e. The fourth-order valence-electron chi connectivity index (χ4n) is 3.68. The Labute approximate surface area is 174 Å². The first-order valence-electron chi connectivity index (χ1n) is 9.87. The van der Waals surface area contributed by atoms with E-state index in [0.29, 0.717) is 13.0 Å². The molecule has 0 bridgehead atoms. The van der Waals surface area contributed by atoms with Crippen LogP contribution < -0.4 is 15.5 Å². The van der Waals surface area contributed by atoms with Crippen molar-refractivity contribution in [3.63, 3.8) is 0 Å². The van der Waals surface area contributed by atoms with Crippen molar-refractivity contribution >= 4 is 23.3 Å². The van der Waals surface area contributed by atoms with Gasteiger partial charge in [-0.3, -0.25) is 4.79 Å². The van der Waals surface area contributed by atoms with E-state index in [9.17, 15) is 14.0 Å². The summed E-state index contributed by atoms with van der Waals surface area (Å²) in [6, 6.07) is 21.8. The molecule has 30 heavy (non-hydrogen) atoms. The van der Waals surface area contributed by atoms with E-state index in [1.807, 2.05) is 54.6 Å². The van der Waals surface area contributed by atoms with Crippen molar-refractivity contribution in [1.82, 2.24) is 5.32 Å². The first kappa shape index (κ1) is 19.6. The summed E-state index contributed by atoms with van der Waals surface area (Å²) in [5.41, 5.74) is 2.97. The standard InChI is InChI=1S/C24H22FN3O2/c25-19-11-5-6-12-20(19)26-24(30)27-21(16-17-8-2-1-3-9-17)23(29)28-15-14-18-10-4-7-13-22(18)28/h1-13,21H,14-16H2,(H2,26,27,30)/t21-/m0/s1. The molecule has 6 heteroatoms. The van der Waals surface area contributed by atoms with Crippen molar-refractivity contribution in [2.75, 3.05) is 16.8 Å². The van der Waals surface area contributed by atoms with Crippen LogP contribution in [-0.2, 0) is 17.6 Å². The van der Waals surface area contributed by atoms with Crippen LogP contribution in [0.3, 0.4) is 0 Å². The molecule has 1 atom stereocenters. The number of halogens is 1. The summed E-state index contributed by atoms with van der Waals surface area (Å²) < 4.78 is 13.9. The van der Waals surface area contributed by atoms with Gasteiger partial charge in [0.15, 0.2) is 0 Å².